The number of aryl methyl sites for hydroxylation is 1. The van der Waals surface area contributed by atoms with Gasteiger partial charge in [-0.1, -0.05) is 6.07 Å². The fourth-order valence-corrected chi connectivity index (χ4v) is 6.47. The van der Waals surface area contributed by atoms with Gasteiger partial charge in [-0.05, 0) is 43.0 Å². The minimum absolute atomic E-state index is 0.105. The zero-order valence-corrected chi connectivity index (χ0v) is 23.0. The van der Waals surface area contributed by atoms with Crippen molar-refractivity contribution in [2.24, 2.45) is 4.76 Å². The van der Waals surface area contributed by atoms with Crippen molar-refractivity contribution in [3.63, 3.8) is 0 Å². The molecule has 0 saturated carbocycles. The maximum Gasteiger partial charge on any atom is 0.348 e. The topological polar surface area (TPSA) is 161 Å². The van der Waals surface area contributed by atoms with Crippen LogP contribution in [0.3, 0.4) is 0 Å². The SMILES string of the molecule is COC(C)CCn1nc(-c2cccs2)c(O)c(C2=NP(=O)(OC)c3cc(NS(C)(=O)=O)ccc3N2)c1=O. The first-order valence-electron chi connectivity index (χ1n) is 11.0. The summed E-state index contributed by atoms with van der Waals surface area (Å²) < 4.78 is 55.4. The normalized spacial score (nSPS) is 18.0. The number of aromatic hydroxyl groups is 1. The molecule has 2 aromatic heterocycles. The van der Waals surface area contributed by atoms with E-state index in [-0.39, 0.29) is 46.4 Å². The Morgan fingerprint density at radius 3 is 2.68 bits per heavy atom. The third-order valence-electron chi connectivity index (χ3n) is 5.61. The van der Waals surface area contributed by atoms with Gasteiger partial charge in [0, 0.05) is 26.5 Å². The maximum absolute atomic E-state index is 13.8. The summed E-state index contributed by atoms with van der Waals surface area (Å²) in [4.78, 5) is 14.1. The number of aromatic nitrogens is 2. The Balaban J connectivity index is 1.87. The van der Waals surface area contributed by atoms with E-state index in [9.17, 15) is 22.9 Å². The Morgan fingerprint density at radius 2 is 2.05 bits per heavy atom. The maximum atomic E-state index is 13.8. The first kappa shape index (κ1) is 27.0. The summed E-state index contributed by atoms with van der Waals surface area (Å²) in [6, 6.07) is 7.84. The predicted octanol–water partition coefficient (Wildman–Crippen LogP) is 2.81. The molecule has 0 fully saturated rings. The molecule has 1 aromatic carbocycles. The zero-order chi connectivity index (χ0) is 27.0. The van der Waals surface area contributed by atoms with Crippen LogP contribution in [0, 0.1) is 0 Å². The number of hydrogen-bond donors (Lipinski definition) is 3. The standard InChI is InChI=1S/C22H26N5O7PS2/c1-13(33-2)9-10-27-22(29)18(20(28)19(24-27)17-6-5-11-36-17)21-23-15-8-7-14(26-37(4,31)32)12-16(15)35(30,25-21)34-3/h5-8,11-13,26,28H,9-10H2,1-4H3,(H,23,25,30). The van der Waals surface area contributed by atoms with Gasteiger partial charge in [-0.25, -0.2) is 13.1 Å². The van der Waals surface area contributed by atoms with E-state index in [1.54, 1.807) is 19.2 Å². The molecule has 0 amide bonds. The molecule has 3 heterocycles. The number of thiophene rings is 1. The molecule has 37 heavy (non-hydrogen) atoms. The van der Waals surface area contributed by atoms with E-state index >= 15 is 0 Å². The average Bonchev–Trinajstić information content (AvgIpc) is 3.37. The molecular weight excluding hydrogens is 541 g/mol. The molecule has 12 nitrogen and oxygen atoms in total. The number of benzene rings is 1. The van der Waals surface area contributed by atoms with Gasteiger partial charge in [0.05, 0.1) is 28.2 Å². The lowest BCUT2D eigenvalue weighted by atomic mass is 10.1. The van der Waals surface area contributed by atoms with Crippen LogP contribution >= 0.6 is 18.9 Å². The molecule has 3 N–H and O–H groups in total. The Bertz CT molecular complexity index is 1570. The lowest BCUT2D eigenvalue weighted by Gasteiger charge is -2.25. The minimum atomic E-state index is -3.97. The number of rotatable bonds is 9. The van der Waals surface area contributed by atoms with E-state index in [2.05, 4.69) is 19.9 Å². The van der Waals surface area contributed by atoms with Crippen LogP contribution in [0.4, 0.5) is 11.4 Å². The van der Waals surface area contributed by atoms with Crippen molar-refractivity contribution in [2.75, 3.05) is 30.5 Å². The zero-order valence-electron chi connectivity index (χ0n) is 20.5. The van der Waals surface area contributed by atoms with E-state index in [0.29, 0.717) is 11.3 Å². The summed E-state index contributed by atoms with van der Waals surface area (Å²) in [6.07, 6.45) is 1.33. The second-order valence-electron chi connectivity index (χ2n) is 8.30. The van der Waals surface area contributed by atoms with Crippen LogP contribution in [-0.2, 0) is 30.4 Å². The van der Waals surface area contributed by atoms with Gasteiger partial charge in [-0.2, -0.15) is 9.86 Å². The monoisotopic (exact) mass is 567 g/mol. The largest absolute Gasteiger partial charge is 0.505 e. The van der Waals surface area contributed by atoms with Gasteiger partial charge < -0.3 is 19.7 Å². The van der Waals surface area contributed by atoms with Crippen molar-refractivity contribution in [3.05, 3.63) is 51.6 Å². The number of amidine groups is 1. The van der Waals surface area contributed by atoms with Crippen molar-refractivity contribution in [1.82, 2.24) is 9.78 Å². The molecule has 15 heteroatoms. The summed E-state index contributed by atoms with van der Waals surface area (Å²) in [5.41, 5.74) is -0.245. The summed E-state index contributed by atoms with van der Waals surface area (Å²) in [7, 11) is -4.79. The first-order chi connectivity index (χ1) is 17.5. The van der Waals surface area contributed by atoms with Crippen LogP contribution in [-0.4, -0.2) is 55.7 Å². The predicted molar refractivity (Wildman–Crippen MR) is 144 cm³/mol. The van der Waals surface area contributed by atoms with Gasteiger partial charge in [-0.15, -0.1) is 11.3 Å². The van der Waals surface area contributed by atoms with Crippen LogP contribution in [0.25, 0.3) is 10.6 Å². The number of methoxy groups -OCH3 is 1. The number of nitrogens with one attached hydrogen (secondary N) is 2. The lowest BCUT2D eigenvalue weighted by molar-refractivity contribution is 0.105. The highest BCUT2D eigenvalue weighted by atomic mass is 32.2. The lowest BCUT2D eigenvalue weighted by Crippen LogP contribution is -2.35. The highest BCUT2D eigenvalue weighted by Gasteiger charge is 2.36. The number of sulfonamides is 1. The molecule has 0 aliphatic carbocycles. The number of fused-ring (bicyclic) bond motifs is 1. The van der Waals surface area contributed by atoms with E-state index in [1.807, 2.05) is 12.3 Å². The van der Waals surface area contributed by atoms with Gasteiger partial charge in [0.25, 0.3) is 5.56 Å². The molecule has 0 radical (unpaired) electrons. The Kier molecular flexibility index (Phi) is 7.58. The number of hydrogen-bond acceptors (Lipinski definition) is 10. The Morgan fingerprint density at radius 1 is 1.30 bits per heavy atom. The second kappa shape index (κ2) is 10.4. The second-order valence-corrected chi connectivity index (χ2v) is 13.1. The van der Waals surface area contributed by atoms with E-state index < -0.39 is 28.9 Å². The molecule has 0 spiro atoms. The van der Waals surface area contributed by atoms with E-state index in [1.165, 1.54) is 41.3 Å². The third-order valence-corrected chi connectivity index (χ3v) is 9.03. The first-order valence-corrected chi connectivity index (χ1v) is 15.4. The number of nitrogens with zero attached hydrogens (tertiary/aromatic N) is 3. The summed E-state index contributed by atoms with van der Waals surface area (Å²) in [5.74, 6) is -0.575. The van der Waals surface area contributed by atoms with Crippen molar-refractivity contribution in [2.45, 2.75) is 26.0 Å². The molecule has 3 aromatic rings. The summed E-state index contributed by atoms with van der Waals surface area (Å²) >= 11 is 1.33. The van der Waals surface area contributed by atoms with Crippen molar-refractivity contribution >= 4 is 51.4 Å². The number of ether oxygens (including phenoxy) is 1. The van der Waals surface area contributed by atoms with Gasteiger partial charge >= 0.3 is 7.52 Å². The van der Waals surface area contributed by atoms with Crippen LogP contribution in [0.15, 0.2) is 45.3 Å². The summed E-state index contributed by atoms with van der Waals surface area (Å²) in [6.45, 7) is 2.06. The van der Waals surface area contributed by atoms with Crippen molar-refractivity contribution in [1.29, 1.82) is 0 Å². The molecule has 2 atom stereocenters. The molecule has 4 rings (SSSR count). The minimum Gasteiger partial charge on any atom is -0.505 e. The van der Waals surface area contributed by atoms with Crippen LogP contribution in [0.2, 0.25) is 0 Å². The van der Waals surface area contributed by atoms with Crippen LogP contribution in [0.5, 0.6) is 5.75 Å². The van der Waals surface area contributed by atoms with Gasteiger partial charge in [0.2, 0.25) is 10.0 Å². The quantitative estimate of drug-likeness (QED) is 0.330. The highest BCUT2D eigenvalue weighted by molar-refractivity contribution is 7.92. The van der Waals surface area contributed by atoms with Gasteiger partial charge in [-0.3, -0.25) is 14.1 Å². The van der Waals surface area contributed by atoms with Gasteiger partial charge in [0.1, 0.15) is 11.3 Å². The molecule has 1 aliphatic heterocycles. The third kappa shape index (κ3) is 5.63. The van der Waals surface area contributed by atoms with Crippen LogP contribution in [0.1, 0.15) is 18.9 Å². The van der Waals surface area contributed by atoms with Crippen molar-refractivity contribution in [3.8, 4) is 16.3 Å². The van der Waals surface area contributed by atoms with E-state index in [0.717, 1.165) is 6.26 Å². The molecular formula is C22H26N5O7PS2. The van der Waals surface area contributed by atoms with Gasteiger partial charge in [0.15, 0.2) is 11.6 Å². The molecule has 0 saturated heterocycles. The molecule has 2 unspecified atom stereocenters. The molecule has 198 valence electrons. The van der Waals surface area contributed by atoms with Crippen LogP contribution < -0.4 is 20.9 Å². The fourth-order valence-electron chi connectivity index (χ4n) is 3.67. The number of anilines is 2. The van der Waals surface area contributed by atoms with Crippen molar-refractivity contribution < 1.29 is 27.3 Å². The Hall–Kier alpha value is -3.03. The molecule has 1 aliphatic rings. The molecule has 0 bridgehead atoms. The smallest absolute Gasteiger partial charge is 0.348 e. The fraction of sp³-hybridized carbons (Fsp3) is 0.318. The highest BCUT2D eigenvalue weighted by Crippen LogP contribution is 2.52. The average molecular weight is 568 g/mol. The Labute approximate surface area is 217 Å². The summed E-state index contributed by atoms with van der Waals surface area (Å²) in [5, 5.41) is 20.4. The van der Waals surface area contributed by atoms with E-state index in [4.69, 9.17) is 9.26 Å².